The maximum atomic E-state index is 13.1. The van der Waals surface area contributed by atoms with Crippen LogP contribution in [-0.4, -0.2) is 48.0 Å². The van der Waals surface area contributed by atoms with Crippen LogP contribution in [0.25, 0.3) is 6.08 Å². The molecule has 1 amide bonds. The molecule has 2 aromatic rings. The summed E-state index contributed by atoms with van der Waals surface area (Å²) in [7, 11) is 3.33. The van der Waals surface area contributed by atoms with Gasteiger partial charge in [0.25, 0.3) is 5.91 Å². The van der Waals surface area contributed by atoms with Crippen LogP contribution in [0.5, 0.6) is 11.5 Å². The summed E-state index contributed by atoms with van der Waals surface area (Å²) in [4.78, 5) is 26.7. The number of aryl methyl sites for hydroxylation is 1. The maximum Gasteiger partial charge on any atom is 0.262 e. The molecule has 7 nitrogen and oxygen atoms in total. The molecule has 176 valence electrons. The number of nitrogens with zero attached hydrogens (tertiary/aromatic N) is 3. The van der Waals surface area contributed by atoms with E-state index in [1.54, 1.807) is 45.3 Å². The summed E-state index contributed by atoms with van der Waals surface area (Å²) in [6.45, 7) is 10.7. The van der Waals surface area contributed by atoms with Crippen molar-refractivity contribution in [1.29, 1.82) is 5.26 Å². The molecule has 1 atom stereocenters. The van der Waals surface area contributed by atoms with E-state index in [4.69, 9.17) is 9.47 Å². The second-order valence-corrected chi connectivity index (χ2v) is 8.07. The maximum absolute atomic E-state index is 13.1. The van der Waals surface area contributed by atoms with Gasteiger partial charge < -0.3 is 18.9 Å². The first-order valence-electron chi connectivity index (χ1n) is 11.1. The van der Waals surface area contributed by atoms with Gasteiger partial charge in [0.05, 0.1) is 6.61 Å². The van der Waals surface area contributed by atoms with Crippen LogP contribution in [0, 0.1) is 25.2 Å². The summed E-state index contributed by atoms with van der Waals surface area (Å²) in [5.74, 6) is 0.385. The van der Waals surface area contributed by atoms with Crippen LogP contribution >= 0.6 is 0 Å². The number of ether oxygens (including phenoxy) is 2. The number of nitriles is 1. The number of hydrogen-bond acceptors (Lipinski definition) is 5. The first-order chi connectivity index (χ1) is 15.6. The SMILES string of the molecule is CCCn1c(C)cc(C(=O)/C(C#N)=C/c2ccc(OC(C)C(=O)N(C)C)c(OCC)c2)c1C. The summed E-state index contributed by atoms with van der Waals surface area (Å²) < 4.78 is 13.6. The highest BCUT2D eigenvalue weighted by Gasteiger charge is 2.21. The molecule has 1 unspecified atom stereocenters. The molecule has 0 aliphatic rings. The zero-order chi connectivity index (χ0) is 24.7. The number of benzene rings is 1. The molecule has 0 aliphatic heterocycles. The van der Waals surface area contributed by atoms with Gasteiger partial charge in [0.2, 0.25) is 5.78 Å². The predicted octanol–water partition coefficient (Wildman–Crippen LogP) is 4.56. The molecule has 0 saturated carbocycles. The van der Waals surface area contributed by atoms with Crippen molar-refractivity contribution >= 4 is 17.8 Å². The third-order valence-electron chi connectivity index (χ3n) is 5.30. The summed E-state index contributed by atoms with van der Waals surface area (Å²) in [6, 6.07) is 9.00. The molecule has 7 heteroatoms. The fourth-order valence-electron chi connectivity index (χ4n) is 3.64. The van der Waals surface area contributed by atoms with E-state index in [0.717, 1.165) is 24.4 Å². The Balaban J connectivity index is 2.39. The van der Waals surface area contributed by atoms with E-state index in [9.17, 15) is 14.9 Å². The van der Waals surface area contributed by atoms with Crippen molar-refractivity contribution in [3.63, 3.8) is 0 Å². The quantitative estimate of drug-likeness (QED) is 0.300. The Morgan fingerprint density at radius 1 is 1.18 bits per heavy atom. The fraction of sp³-hybridized carbons (Fsp3) is 0.423. The van der Waals surface area contributed by atoms with E-state index in [1.165, 1.54) is 4.90 Å². The Kier molecular flexibility index (Phi) is 8.86. The molecular weight excluding hydrogens is 418 g/mol. The van der Waals surface area contributed by atoms with Crippen LogP contribution in [0.4, 0.5) is 0 Å². The monoisotopic (exact) mass is 451 g/mol. The molecule has 1 aromatic carbocycles. The van der Waals surface area contributed by atoms with Gasteiger partial charge in [-0.2, -0.15) is 5.26 Å². The highest BCUT2D eigenvalue weighted by atomic mass is 16.5. The van der Waals surface area contributed by atoms with Crippen molar-refractivity contribution in [2.24, 2.45) is 0 Å². The van der Waals surface area contributed by atoms with E-state index in [0.29, 0.717) is 29.2 Å². The normalized spacial score (nSPS) is 12.1. The summed E-state index contributed by atoms with van der Waals surface area (Å²) in [5, 5.41) is 9.70. The Labute approximate surface area is 196 Å². The van der Waals surface area contributed by atoms with E-state index >= 15 is 0 Å². The van der Waals surface area contributed by atoms with Crippen LogP contribution in [0.3, 0.4) is 0 Å². The summed E-state index contributed by atoms with van der Waals surface area (Å²) in [5.41, 5.74) is 3.06. The molecule has 0 N–H and O–H groups in total. The summed E-state index contributed by atoms with van der Waals surface area (Å²) in [6.07, 6.45) is 1.82. The molecule has 0 bridgehead atoms. The molecular formula is C26H33N3O4. The van der Waals surface area contributed by atoms with Gasteiger partial charge >= 0.3 is 0 Å². The fourth-order valence-corrected chi connectivity index (χ4v) is 3.64. The largest absolute Gasteiger partial charge is 0.490 e. The van der Waals surface area contributed by atoms with Gasteiger partial charge in [-0.25, -0.2) is 0 Å². The standard InChI is InChI=1S/C26H33N3O4/c1-8-12-29-17(3)13-22(18(29)4)25(30)21(16-27)14-20-10-11-23(24(15-20)32-9-2)33-19(5)26(31)28(6)7/h10-11,13-15,19H,8-9,12H2,1-7H3/b21-14+. The zero-order valence-electron chi connectivity index (χ0n) is 20.6. The van der Waals surface area contributed by atoms with Crippen molar-refractivity contribution in [2.45, 2.75) is 53.7 Å². The van der Waals surface area contributed by atoms with Crippen molar-refractivity contribution in [3.8, 4) is 17.6 Å². The average Bonchev–Trinajstić information content (AvgIpc) is 3.06. The second-order valence-electron chi connectivity index (χ2n) is 8.07. The van der Waals surface area contributed by atoms with Gasteiger partial charge in [-0.3, -0.25) is 9.59 Å². The topological polar surface area (TPSA) is 84.6 Å². The summed E-state index contributed by atoms with van der Waals surface area (Å²) >= 11 is 0. The predicted molar refractivity (Wildman–Crippen MR) is 129 cm³/mol. The van der Waals surface area contributed by atoms with E-state index in [-0.39, 0.29) is 17.3 Å². The number of Topliss-reactive ketones (excluding diaryl/α,β-unsaturated/α-hetero) is 1. The smallest absolute Gasteiger partial charge is 0.262 e. The first-order valence-corrected chi connectivity index (χ1v) is 11.1. The minimum atomic E-state index is -0.685. The van der Waals surface area contributed by atoms with Crippen LogP contribution < -0.4 is 9.47 Å². The van der Waals surface area contributed by atoms with Crippen molar-refractivity contribution < 1.29 is 19.1 Å². The van der Waals surface area contributed by atoms with Gasteiger partial charge in [-0.1, -0.05) is 13.0 Å². The van der Waals surface area contributed by atoms with Crippen LogP contribution in [-0.2, 0) is 11.3 Å². The highest BCUT2D eigenvalue weighted by Crippen LogP contribution is 2.31. The number of rotatable bonds is 10. The second kappa shape index (κ2) is 11.4. The number of likely N-dealkylation sites (N-methyl/N-ethyl adjacent to an activating group) is 1. The minimum Gasteiger partial charge on any atom is -0.490 e. The van der Waals surface area contributed by atoms with Gasteiger partial charge in [0, 0.05) is 37.6 Å². The lowest BCUT2D eigenvalue weighted by Crippen LogP contribution is -2.35. The van der Waals surface area contributed by atoms with Crippen molar-refractivity contribution in [3.05, 3.63) is 52.4 Å². The number of allylic oxidation sites excluding steroid dienone is 1. The van der Waals surface area contributed by atoms with Crippen LogP contribution in [0.1, 0.15) is 54.5 Å². The molecule has 0 radical (unpaired) electrons. The average molecular weight is 452 g/mol. The zero-order valence-corrected chi connectivity index (χ0v) is 20.6. The number of carbonyl (C=O) groups is 2. The lowest BCUT2D eigenvalue weighted by atomic mass is 10.0. The van der Waals surface area contributed by atoms with E-state index in [2.05, 4.69) is 11.5 Å². The van der Waals surface area contributed by atoms with Gasteiger partial charge in [0.15, 0.2) is 17.6 Å². The lowest BCUT2D eigenvalue weighted by Gasteiger charge is -2.20. The van der Waals surface area contributed by atoms with Crippen molar-refractivity contribution in [2.75, 3.05) is 20.7 Å². The molecule has 0 aliphatic carbocycles. The van der Waals surface area contributed by atoms with Crippen LogP contribution in [0.15, 0.2) is 29.8 Å². The Bertz CT molecular complexity index is 1090. The van der Waals surface area contributed by atoms with Crippen LogP contribution in [0.2, 0.25) is 0 Å². The Morgan fingerprint density at radius 2 is 1.88 bits per heavy atom. The minimum absolute atomic E-state index is 0.0408. The first kappa shape index (κ1) is 25.7. The highest BCUT2D eigenvalue weighted by molar-refractivity contribution is 6.14. The van der Waals surface area contributed by atoms with Gasteiger partial charge in [0.1, 0.15) is 11.6 Å². The van der Waals surface area contributed by atoms with E-state index < -0.39 is 6.10 Å². The molecule has 0 saturated heterocycles. The molecule has 2 rings (SSSR count). The number of amides is 1. The molecule has 0 spiro atoms. The number of hydrogen-bond donors (Lipinski definition) is 0. The molecule has 1 heterocycles. The molecule has 1 aromatic heterocycles. The number of carbonyl (C=O) groups excluding carboxylic acids is 2. The third kappa shape index (κ3) is 6.04. The lowest BCUT2D eigenvalue weighted by molar-refractivity contribution is -0.135. The van der Waals surface area contributed by atoms with Gasteiger partial charge in [-0.05, 0) is 64.0 Å². The Hall–Kier alpha value is -3.53. The van der Waals surface area contributed by atoms with E-state index in [1.807, 2.05) is 32.9 Å². The Morgan fingerprint density at radius 3 is 2.45 bits per heavy atom. The van der Waals surface area contributed by atoms with Gasteiger partial charge in [-0.15, -0.1) is 0 Å². The number of aromatic nitrogens is 1. The molecule has 33 heavy (non-hydrogen) atoms. The number of ketones is 1. The third-order valence-corrected chi connectivity index (χ3v) is 5.30. The molecule has 0 fully saturated rings. The van der Waals surface area contributed by atoms with Crippen molar-refractivity contribution in [1.82, 2.24) is 9.47 Å².